The summed E-state index contributed by atoms with van der Waals surface area (Å²) in [5.41, 5.74) is 2.61. The van der Waals surface area contributed by atoms with Crippen LogP contribution in [0.4, 0.5) is 5.82 Å². The molecule has 1 saturated carbocycles. The van der Waals surface area contributed by atoms with E-state index in [2.05, 4.69) is 15.4 Å². The van der Waals surface area contributed by atoms with Crippen LogP contribution in [-0.2, 0) is 0 Å². The van der Waals surface area contributed by atoms with Crippen LogP contribution in [0.2, 0.25) is 0 Å². The Hall–Kier alpha value is -1.79. The minimum Gasteiger partial charge on any atom is -0.496 e. The second-order valence-corrected chi connectivity index (χ2v) is 5.68. The number of aromatic nitrogens is 2. The number of nitrogens with two attached hydrogens (primary N) is 1. The Labute approximate surface area is 121 Å². The molecule has 0 bridgehead atoms. The van der Waals surface area contributed by atoms with Gasteiger partial charge in [-0.1, -0.05) is 23.9 Å². The molecule has 104 valence electrons. The molecule has 0 unspecified atom stereocenters. The summed E-state index contributed by atoms with van der Waals surface area (Å²) < 4.78 is 5.36. The lowest BCUT2D eigenvalue weighted by molar-refractivity contribution is 0.405. The SMILES string of the molecule is COc1ccccc1Sc1cc(NN)nc(C2CC2)n1. The highest BCUT2D eigenvalue weighted by molar-refractivity contribution is 7.99. The number of rotatable bonds is 5. The number of hydrogen-bond donors (Lipinski definition) is 2. The summed E-state index contributed by atoms with van der Waals surface area (Å²) in [7, 11) is 1.67. The van der Waals surface area contributed by atoms with Crippen LogP contribution in [0.1, 0.15) is 24.6 Å². The van der Waals surface area contributed by atoms with Gasteiger partial charge in [-0.15, -0.1) is 0 Å². The van der Waals surface area contributed by atoms with Crippen molar-refractivity contribution in [1.82, 2.24) is 9.97 Å². The number of nitrogens with one attached hydrogen (secondary N) is 1. The van der Waals surface area contributed by atoms with Gasteiger partial charge in [0.1, 0.15) is 22.4 Å². The van der Waals surface area contributed by atoms with E-state index in [1.807, 2.05) is 30.3 Å². The van der Waals surface area contributed by atoms with Gasteiger partial charge in [-0.2, -0.15) is 0 Å². The van der Waals surface area contributed by atoms with Gasteiger partial charge in [0, 0.05) is 12.0 Å². The molecule has 0 aliphatic heterocycles. The van der Waals surface area contributed by atoms with Crippen molar-refractivity contribution in [2.45, 2.75) is 28.7 Å². The number of hydrazine groups is 1. The Kier molecular flexibility index (Phi) is 3.75. The van der Waals surface area contributed by atoms with Gasteiger partial charge in [0.05, 0.1) is 12.0 Å². The van der Waals surface area contributed by atoms with Crippen LogP contribution in [0.3, 0.4) is 0 Å². The van der Waals surface area contributed by atoms with Crippen molar-refractivity contribution in [1.29, 1.82) is 0 Å². The van der Waals surface area contributed by atoms with E-state index < -0.39 is 0 Å². The molecule has 0 atom stereocenters. The van der Waals surface area contributed by atoms with Crippen LogP contribution in [0, 0.1) is 0 Å². The van der Waals surface area contributed by atoms with Crippen LogP contribution in [0.5, 0.6) is 5.75 Å². The minimum atomic E-state index is 0.486. The Balaban J connectivity index is 1.91. The number of anilines is 1. The summed E-state index contributed by atoms with van der Waals surface area (Å²) in [4.78, 5) is 10.0. The van der Waals surface area contributed by atoms with Crippen molar-refractivity contribution in [2.24, 2.45) is 5.84 Å². The largest absolute Gasteiger partial charge is 0.496 e. The highest BCUT2D eigenvalue weighted by Crippen LogP contribution is 2.40. The van der Waals surface area contributed by atoms with Crippen LogP contribution < -0.4 is 16.0 Å². The molecule has 0 radical (unpaired) electrons. The monoisotopic (exact) mass is 288 g/mol. The lowest BCUT2D eigenvalue weighted by Crippen LogP contribution is -2.10. The molecule has 3 rings (SSSR count). The topological polar surface area (TPSA) is 73.1 Å². The summed E-state index contributed by atoms with van der Waals surface area (Å²) in [5, 5.41) is 0.874. The molecular formula is C14H16N4OS. The third-order valence-corrected chi connectivity index (χ3v) is 4.07. The predicted molar refractivity (Wildman–Crippen MR) is 78.9 cm³/mol. The quantitative estimate of drug-likeness (QED) is 0.501. The summed E-state index contributed by atoms with van der Waals surface area (Å²) in [6.07, 6.45) is 2.32. The number of methoxy groups -OCH3 is 1. The number of hydrogen-bond acceptors (Lipinski definition) is 6. The zero-order valence-electron chi connectivity index (χ0n) is 11.2. The molecule has 1 aliphatic carbocycles. The van der Waals surface area contributed by atoms with Crippen molar-refractivity contribution in [3.8, 4) is 5.75 Å². The first-order valence-corrected chi connectivity index (χ1v) is 7.28. The molecule has 1 fully saturated rings. The molecule has 0 spiro atoms. The first-order valence-electron chi connectivity index (χ1n) is 6.46. The average molecular weight is 288 g/mol. The molecule has 1 aliphatic rings. The van der Waals surface area contributed by atoms with Crippen LogP contribution in [0.25, 0.3) is 0 Å². The number of benzene rings is 1. The van der Waals surface area contributed by atoms with E-state index in [0.717, 1.165) is 34.3 Å². The van der Waals surface area contributed by atoms with E-state index in [4.69, 9.17) is 10.6 Å². The fourth-order valence-electron chi connectivity index (χ4n) is 1.91. The molecule has 6 heteroatoms. The van der Waals surface area contributed by atoms with E-state index in [1.165, 1.54) is 0 Å². The van der Waals surface area contributed by atoms with Gasteiger partial charge in [0.2, 0.25) is 0 Å². The Morgan fingerprint density at radius 1 is 1.30 bits per heavy atom. The Bertz CT molecular complexity index is 616. The third-order valence-electron chi connectivity index (χ3n) is 3.09. The maximum Gasteiger partial charge on any atom is 0.144 e. The van der Waals surface area contributed by atoms with Crippen molar-refractivity contribution in [3.63, 3.8) is 0 Å². The second-order valence-electron chi connectivity index (χ2n) is 4.62. The average Bonchev–Trinajstić information content (AvgIpc) is 3.32. The number of nitrogens with zero attached hydrogens (tertiary/aromatic N) is 2. The van der Waals surface area contributed by atoms with Crippen LogP contribution in [0.15, 0.2) is 40.3 Å². The third kappa shape index (κ3) is 2.86. The highest BCUT2D eigenvalue weighted by atomic mass is 32.2. The van der Waals surface area contributed by atoms with Crippen LogP contribution in [-0.4, -0.2) is 17.1 Å². The lowest BCUT2D eigenvalue weighted by atomic mass is 10.3. The molecule has 0 amide bonds. The zero-order valence-corrected chi connectivity index (χ0v) is 12.0. The lowest BCUT2D eigenvalue weighted by Gasteiger charge is -2.09. The van der Waals surface area contributed by atoms with Crippen LogP contribution >= 0.6 is 11.8 Å². The van der Waals surface area contributed by atoms with Gasteiger partial charge < -0.3 is 10.2 Å². The summed E-state index contributed by atoms with van der Waals surface area (Å²) in [6, 6.07) is 9.73. The van der Waals surface area contributed by atoms with Gasteiger partial charge in [-0.3, -0.25) is 0 Å². The highest BCUT2D eigenvalue weighted by Gasteiger charge is 2.27. The first-order chi connectivity index (χ1) is 9.80. The fourth-order valence-corrected chi connectivity index (χ4v) is 2.84. The normalized spacial score (nSPS) is 14.1. The van der Waals surface area contributed by atoms with E-state index in [0.29, 0.717) is 11.7 Å². The molecule has 0 saturated heterocycles. The number of ether oxygens (including phenoxy) is 1. The molecule has 3 N–H and O–H groups in total. The number of para-hydroxylation sites is 1. The Morgan fingerprint density at radius 2 is 2.10 bits per heavy atom. The van der Waals surface area contributed by atoms with Gasteiger partial charge in [0.25, 0.3) is 0 Å². The van der Waals surface area contributed by atoms with Crippen molar-refractivity contribution in [2.75, 3.05) is 12.5 Å². The Morgan fingerprint density at radius 3 is 2.80 bits per heavy atom. The zero-order chi connectivity index (χ0) is 13.9. The predicted octanol–water partition coefficient (Wildman–Crippen LogP) is 2.80. The molecule has 1 aromatic heterocycles. The molecule has 2 aromatic rings. The first kappa shape index (κ1) is 13.2. The minimum absolute atomic E-state index is 0.486. The van der Waals surface area contributed by atoms with Gasteiger partial charge in [-0.05, 0) is 25.0 Å². The molecule has 5 nitrogen and oxygen atoms in total. The maximum atomic E-state index is 5.48. The summed E-state index contributed by atoms with van der Waals surface area (Å²) in [5.74, 6) is 8.33. The van der Waals surface area contributed by atoms with Crippen molar-refractivity contribution in [3.05, 3.63) is 36.2 Å². The van der Waals surface area contributed by atoms with E-state index in [1.54, 1.807) is 18.9 Å². The number of nitrogen functional groups attached to an aromatic ring is 1. The van der Waals surface area contributed by atoms with Gasteiger partial charge in [-0.25, -0.2) is 15.8 Å². The second kappa shape index (κ2) is 5.68. The van der Waals surface area contributed by atoms with Crippen molar-refractivity contribution >= 4 is 17.6 Å². The van der Waals surface area contributed by atoms with E-state index >= 15 is 0 Å². The molecule has 1 aromatic carbocycles. The maximum absolute atomic E-state index is 5.48. The van der Waals surface area contributed by atoms with E-state index in [-0.39, 0.29) is 0 Å². The molecule has 20 heavy (non-hydrogen) atoms. The van der Waals surface area contributed by atoms with Gasteiger partial charge in [0.15, 0.2) is 0 Å². The van der Waals surface area contributed by atoms with E-state index in [9.17, 15) is 0 Å². The smallest absolute Gasteiger partial charge is 0.144 e. The summed E-state index contributed by atoms with van der Waals surface area (Å²) >= 11 is 1.56. The van der Waals surface area contributed by atoms with Crippen molar-refractivity contribution < 1.29 is 4.74 Å². The van der Waals surface area contributed by atoms with Gasteiger partial charge >= 0.3 is 0 Å². The fraction of sp³-hybridized carbons (Fsp3) is 0.286. The standard InChI is InChI=1S/C14H16N4OS/c1-19-10-4-2-3-5-11(10)20-13-8-12(18-15)16-14(17-13)9-6-7-9/h2-5,8-9H,6-7,15H2,1H3,(H,16,17,18). The summed E-state index contributed by atoms with van der Waals surface area (Å²) in [6.45, 7) is 0. The molecular weight excluding hydrogens is 272 g/mol. The molecule has 1 heterocycles.